The van der Waals surface area contributed by atoms with Gasteiger partial charge in [-0.15, -0.1) is 0 Å². The molecular formula is C34H46O8S. The van der Waals surface area contributed by atoms with Gasteiger partial charge in [0.1, 0.15) is 6.29 Å². The number of allylic oxidation sites excluding steroid dienone is 1. The minimum Gasteiger partial charge on any atom is -0.493 e. The molecule has 0 fully saturated rings. The van der Waals surface area contributed by atoms with Crippen LogP contribution in [0.3, 0.4) is 0 Å². The van der Waals surface area contributed by atoms with Gasteiger partial charge in [-0.2, -0.15) is 12.6 Å². The number of rotatable bonds is 10. The number of hydrogen-bond donors (Lipinski definition) is 1. The summed E-state index contributed by atoms with van der Waals surface area (Å²) < 4.78 is 20.6. The minimum absolute atomic E-state index is 0.0394. The van der Waals surface area contributed by atoms with E-state index in [0.717, 1.165) is 18.2 Å². The number of ether oxygens (including phenoxy) is 4. The first-order valence-electron chi connectivity index (χ1n) is 13.4. The molecule has 0 aliphatic rings. The molecule has 0 atom stereocenters. The molecule has 0 spiro atoms. The maximum absolute atomic E-state index is 11.6. The molecule has 2 aromatic carbocycles. The quantitative estimate of drug-likeness (QED) is 0.0714. The zero-order valence-electron chi connectivity index (χ0n) is 26.5. The zero-order valence-corrected chi connectivity index (χ0v) is 27.4. The van der Waals surface area contributed by atoms with Gasteiger partial charge in [0.05, 0.1) is 7.11 Å². The van der Waals surface area contributed by atoms with Crippen LogP contribution in [0.5, 0.6) is 23.0 Å². The maximum Gasteiger partial charge on any atom is 0.335 e. The first-order chi connectivity index (χ1) is 20.8. The van der Waals surface area contributed by atoms with Crippen molar-refractivity contribution in [3.63, 3.8) is 0 Å². The second kappa shape index (κ2) is 31.9. The second-order valence-corrected chi connectivity index (χ2v) is 6.20. The van der Waals surface area contributed by atoms with Gasteiger partial charge < -0.3 is 18.9 Å². The number of benzene rings is 2. The van der Waals surface area contributed by atoms with Crippen LogP contribution in [-0.4, -0.2) is 37.6 Å². The van der Waals surface area contributed by atoms with Crippen LogP contribution in [0.2, 0.25) is 0 Å². The Morgan fingerprint density at radius 2 is 0.907 bits per heavy atom. The van der Waals surface area contributed by atoms with Crippen molar-refractivity contribution in [2.24, 2.45) is 0 Å². The fourth-order valence-electron chi connectivity index (χ4n) is 2.31. The average molecular weight is 615 g/mol. The van der Waals surface area contributed by atoms with Crippen molar-refractivity contribution >= 4 is 49.0 Å². The third-order valence-electron chi connectivity index (χ3n) is 3.85. The lowest BCUT2D eigenvalue weighted by atomic mass is 10.1. The van der Waals surface area contributed by atoms with Gasteiger partial charge in [0, 0.05) is 18.2 Å². The Kier molecular flexibility index (Phi) is 33.6. The van der Waals surface area contributed by atoms with E-state index in [-0.39, 0.29) is 17.2 Å². The van der Waals surface area contributed by atoms with Crippen LogP contribution in [0, 0.1) is 0 Å². The van der Waals surface area contributed by atoms with E-state index in [4.69, 9.17) is 23.7 Å². The highest BCUT2D eigenvalue weighted by molar-refractivity contribution is 7.79. The van der Waals surface area contributed by atoms with Crippen LogP contribution in [0.25, 0.3) is 12.2 Å². The topological polar surface area (TPSA) is 105 Å². The van der Waals surface area contributed by atoms with E-state index < -0.39 is 17.9 Å². The summed E-state index contributed by atoms with van der Waals surface area (Å²) in [5.41, 5.74) is 1.35. The van der Waals surface area contributed by atoms with Crippen LogP contribution in [0.15, 0.2) is 87.0 Å². The first-order valence-corrected chi connectivity index (χ1v) is 14.2. The summed E-state index contributed by atoms with van der Waals surface area (Å²) in [7, 11) is 1.46. The van der Waals surface area contributed by atoms with E-state index in [2.05, 4.69) is 38.9 Å². The molecule has 0 saturated heterocycles. The van der Waals surface area contributed by atoms with Crippen molar-refractivity contribution in [2.75, 3.05) is 13.4 Å². The summed E-state index contributed by atoms with van der Waals surface area (Å²) in [5.74, 6) is -1.29. The zero-order chi connectivity index (χ0) is 34.2. The Labute approximate surface area is 262 Å². The molecule has 8 nitrogen and oxygen atoms in total. The van der Waals surface area contributed by atoms with E-state index in [1.165, 1.54) is 25.3 Å². The highest BCUT2D eigenvalue weighted by Crippen LogP contribution is 2.31. The SMILES string of the molecule is C=CC(=O)Oc1cc(/C=C/c2ccc(OC(=O)C=C)c(OC(=O)C=C)c2)ccc1OC.C=CC=O.CC.CC.CC.CS. The summed E-state index contributed by atoms with van der Waals surface area (Å²) in [6.07, 6.45) is 10.0. The molecular weight excluding hydrogens is 568 g/mol. The molecule has 0 saturated carbocycles. The molecule has 2 rings (SSSR count). The van der Waals surface area contributed by atoms with Crippen LogP contribution in [0.4, 0.5) is 0 Å². The van der Waals surface area contributed by atoms with Crippen LogP contribution < -0.4 is 18.9 Å². The Bertz CT molecular complexity index is 1160. The predicted octanol–water partition coefficient (Wildman–Crippen LogP) is 8.14. The van der Waals surface area contributed by atoms with Crippen molar-refractivity contribution in [3.8, 4) is 23.0 Å². The van der Waals surface area contributed by atoms with Crippen molar-refractivity contribution in [2.45, 2.75) is 41.5 Å². The van der Waals surface area contributed by atoms with Gasteiger partial charge in [-0.1, -0.05) is 92.1 Å². The molecule has 43 heavy (non-hydrogen) atoms. The van der Waals surface area contributed by atoms with Crippen molar-refractivity contribution in [1.29, 1.82) is 0 Å². The third kappa shape index (κ3) is 20.8. The molecule has 0 bridgehead atoms. The van der Waals surface area contributed by atoms with E-state index >= 15 is 0 Å². The molecule has 0 N–H and O–H groups in total. The highest BCUT2D eigenvalue weighted by atomic mass is 32.1. The van der Waals surface area contributed by atoms with Gasteiger partial charge in [-0.05, 0) is 47.7 Å². The molecule has 0 amide bonds. The molecule has 236 valence electrons. The van der Waals surface area contributed by atoms with Crippen LogP contribution in [-0.2, 0) is 19.2 Å². The summed E-state index contributed by atoms with van der Waals surface area (Å²) in [4.78, 5) is 43.7. The summed E-state index contributed by atoms with van der Waals surface area (Å²) in [6, 6.07) is 9.70. The molecule has 0 aromatic heterocycles. The number of carbonyl (C=O) groups excluding carboxylic acids is 4. The normalized spacial score (nSPS) is 8.30. The molecule has 0 aliphatic heterocycles. The Morgan fingerprint density at radius 1 is 0.605 bits per heavy atom. The van der Waals surface area contributed by atoms with Gasteiger partial charge in [0.2, 0.25) is 0 Å². The predicted molar refractivity (Wildman–Crippen MR) is 181 cm³/mol. The lowest BCUT2D eigenvalue weighted by Crippen LogP contribution is -2.08. The van der Waals surface area contributed by atoms with Crippen LogP contribution in [0.1, 0.15) is 52.7 Å². The summed E-state index contributed by atoms with van der Waals surface area (Å²) in [6.45, 7) is 25.2. The molecule has 0 heterocycles. The maximum atomic E-state index is 11.6. The number of esters is 3. The van der Waals surface area contributed by atoms with E-state index in [9.17, 15) is 14.4 Å². The monoisotopic (exact) mass is 614 g/mol. The Hall–Kier alpha value is -4.63. The number of carbonyl (C=O) groups is 4. The fraction of sp³-hybridized carbons (Fsp3) is 0.235. The van der Waals surface area contributed by atoms with Gasteiger partial charge in [-0.3, -0.25) is 4.79 Å². The van der Waals surface area contributed by atoms with Crippen molar-refractivity contribution in [3.05, 3.63) is 98.1 Å². The number of thiol groups is 1. The van der Waals surface area contributed by atoms with Crippen LogP contribution >= 0.6 is 12.6 Å². The van der Waals surface area contributed by atoms with Gasteiger partial charge in [-0.25, -0.2) is 14.4 Å². The van der Waals surface area contributed by atoms with Gasteiger partial charge in [0.15, 0.2) is 23.0 Å². The van der Waals surface area contributed by atoms with Crippen molar-refractivity contribution < 1.29 is 38.1 Å². The average Bonchev–Trinajstić information content (AvgIpc) is 3.08. The van der Waals surface area contributed by atoms with E-state index in [1.54, 1.807) is 42.7 Å². The second-order valence-electron chi connectivity index (χ2n) is 6.20. The minimum atomic E-state index is -0.708. The summed E-state index contributed by atoms with van der Waals surface area (Å²) >= 11 is 3.53. The van der Waals surface area contributed by atoms with E-state index in [0.29, 0.717) is 23.2 Å². The fourth-order valence-corrected chi connectivity index (χ4v) is 2.31. The molecule has 0 radical (unpaired) electrons. The lowest BCUT2D eigenvalue weighted by Gasteiger charge is -2.10. The van der Waals surface area contributed by atoms with E-state index in [1.807, 2.05) is 41.5 Å². The van der Waals surface area contributed by atoms with Crippen molar-refractivity contribution in [1.82, 2.24) is 0 Å². The first kappa shape index (κ1) is 45.4. The van der Waals surface area contributed by atoms with Gasteiger partial charge in [0.25, 0.3) is 0 Å². The molecule has 2 aromatic rings. The smallest absolute Gasteiger partial charge is 0.335 e. The lowest BCUT2D eigenvalue weighted by molar-refractivity contribution is -0.131. The number of methoxy groups -OCH3 is 1. The number of aldehydes is 1. The van der Waals surface area contributed by atoms with Gasteiger partial charge >= 0.3 is 17.9 Å². The largest absolute Gasteiger partial charge is 0.493 e. The number of hydrogen-bond acceptors (Lipinski definition) is 9. The highest BCUT2D eigenvalue weighted by Gasteiger charge is 2.12. The molecule has 0 unspecified atom stereocenters. The molecule has 0 aliphatic carbocycles. The standard InChI is InChI=1S/C24H20O7.C3H4O.3C2H6.CH4S/c1-5-22(25)29-19-13-11-17(15-21(19)31-24(27)7-3)9-8-16-10-12-18(28-4)20(14-16)30-23(26)6-2;1-2-3-4;4*1-2/h5-15H,1-3H2,4H3;2-3H,1H2;3*1-2H3;2H,1H3/b9-8+;;;;;. The third-order valence-corrected chi connectivity index (χ3v) is 3.85. The molecule has 9 heteroatoms. The summed E-state index contributed by atoms with van der Waals surface area (Å²) in [5, 5.41) is 0. The Balaban J connectivity index is -0.000000554. The Morgan fingerprint density at radius 3 is 1.21 bits per heavy atom.